The van der Waals surface area contributed by atoms with Gasteiger partial charge in [-0.05, 0) is 39.3 Å². The summed E-state index contributed by atoms with van der Waals surface area (Å²) in [6, 6.07) is 0.0614. The quantitative estimate of drug-likeness (QED) is 0.810. The smallest absolute Gasteiger partial charge is 0.220 e. The number of primary amides is 1. The van der Waals surface area contributed by atoms with E-state index in [1.807, 2.05) is 6.92 Å². The molecule has 0 aromatic carbocycles. The Bertz CT molecular complexity index is 417. The zero-order valence-electron chi connectivity index (χ0n) is 11.0. The number of likely N-dealkylation sites (tertiary alicyclic amines) is 1. The molecule has 0 bridgehead atoms. The van der Waals surface area contributed by atoms with Crippen molar-refractivity contribution in [1.29, 1.82) is 0 Å². The summed E-state index contributed by atoms with van der Waals surface area (Å²) >= 11 is 0. The minimum Gasteiger partial charge on any atom is -0.369 e. The van der Waals surface area contributed by atoms with Gasteiger partial charge in [0.15, 0.2) is 9.84 Å². The van der Waals surface area contributed by atoms with Gasteiger partial charge in [-0.1, -0.05) is 6.08 Å². The predicted octanol–water partition coefficient (Wildman–Crippen LogP) is 0.521. The fraction of sp³-hybridized carbons (Fsp3) is 0.750. The van der Waals surface area contributed by atoms with Crippen LogP contribution in [0, 0.1) is 5.92 Å². The van der Waals surface area contributed by atoms with Gasteiger partial charge in [0.2, 0.25) is 5.91 Å². The molecule has 0 aromatic heterocycles. The number of rotatable bonds is 4. The molecule has 5 nitrogen and oxygen atoms in total. The average molecular weight is 274 g/mol. The van der Waals surface area contributed by atoms with Gasteiger partial charge in [0.1, 0.15) is 0 Å². The van der Waals surface area contributed by atoms with Gasteiger partial charge in [0.25, 0.3) is 0 Å². The first-order valence-corrected chi connectivity index (χ1v) is 8.16. The lowest BCUT2D eigenvalue weighted by Crippen LogP contribution is -2.33. The molecule has 2 N–H and O–H groups in total. The second-order valence-corrected chi connectivity index (χ2v) is 6.90. The van der Waals surface area contributed by atoms with Crippen molar-refractivity contribution in [2.45, 2.75) is 32.2 Å². The number of sulfone groups is 1. The highest BCUT2D eigenvalue weighted by molar-refractivity contribution is 7.93. The first kappa shape index (κ1) is 15.2. The lowest BCUT2D eigenvalue weighted by Gasteiger charge is -2.25. The molecule has 1 heterocycles. The van der Waals surface area contributed by atoms with Crippen molar-refractivity contribution < 1.29 is 13.2 Å². The first-order chi connectivity index (χ1) is 8.29. The Balaban J connectivity index is 2.57. The summed E-state index contributed by atoms with van der Waals surface area (Å²) in [5.74, 6) is -0.266. The maximum atomic E-state index is 11.2. The fourth-order valence-corrected chi connectivity index (χ4v) is 2.70. The lowest BCUT2D eigenvalue weighted by atomic mass is 10.0. The fourth-order valence-electron chi connectivity index (χ4n) is 2.19. The maximum Gasteiger partial charge on any atom is 0.220 e. The summed E-state index contributed by atoms with van der Waals surface area (Å²) in [6.07, 6.45) is 5.38. The van der Waals surface area contributed by atoms with Gasteiger partial charge in [-0.2, -0.15) is 0 Å². The molecular weight excluding hydrogens is 252 g/mol. The molecule has 1 aliphatic heterocycles. The van der Waals surface area contributed by atoms with E-state index >= 15 is 0 Å². The van der Waals surface area contributed by atoms with Gasteiger partial charge < -0.3 is 5.73 Å². The van der Waals surface area contributed by atoms with Crippen LogP contribution in [0.4, 0.5) is 0 Å². The number of nitrogens with zero attached hydrogens (tertiary/aromatic N) is 1. The van der Waals surface area contributed by atoms with Crippen LogP contribution in [0.3, 0.4) is 0 Å². The van der Waals surface area contributed by atoms with Crippen molar-refractivity contribution in [1.82, 2.24) is 4.90 Å². The van der Waals surface area contributed by atoms with E-state index in [0.29, 0.717) is 0 Å². The van der Waals surface area contributed by atoms with Crippen LogP contribution in [0.5, 0.6) is 0 Å². The number of carbonyl (C=O) groups is 1. The molecule has 1 amide bonds. The molecule has 0 radical (unpaired) electrons. The standard InChI is InChI=1S/C12H22N2O3S/c1-10(6-9-18(2,16)17)14-7-3-4-11(5-8-14)12(13)15/h6,9-11H,3-5,7-8H2,1-2H3,(H2,13,15)/b9-6-/t10-,11?/m1/s1. The molecule has 1 rings (SSSR count). The monoisotopic (exact) mass is 274 g/mol. The highest BCUT2D eigenvalue weighted by atomic mass is 32.2. The molecule has 18 heavy (non-hydrogen) atoms. The van der Waals surface area contributed by atoms with E-state index in [1.54, 1.807) is 6.08 Å². The number of nitrogens with two attached hydrogens (primary N) is 1. The van der Waals surface area contributed by atoms with E-state index in [1.165, 1.54) is 11.7 Å². The number of hydrogen-bond donors (Lipinski definition) is 1. The Morgan fingerprint density at radius 1 is 1.39 bits per heavy atom. The Morgan fingerprint density at radius 2 is 2.06 bits per heavy atom. The Labute approximate surface area is 109 Å². The molecule has 1 unspecified atom stereocenters. The van der Waals surface area contributed by atoms with Gasteiger partial charge in [-0.3, -0.25) is 9.69 Å². The minimum absolute atomic E-state index is 0.0407. The lowest BCUT2D eigenvalue weighted by molar-refractivity contribution is -0.122. The Hall–Kier alpha value is -0.880. The summed E-state index contributed by atoms with van der Waals surface area (Å²) in [5.41, 5.74) is 5.32. The molecule has 104 valence electrons. The molecule has 1 aliphatic rings. The van der Waals surface area contributed by atoms with Gasteiger partial charge in [0, 0.05) is 23.6 Å². The Morgan fingerprint density at radius 3 is 2.61 bits per heavy atom. The van der Waals surface area contributed by atoms with Crippen molar-refractivity contribution >= 4 is 15.7 Å². The summed E-state index contributed by atoms with van der Waals surface area (Å²) in [7, 11) is -3.07. The molecule has 0 aromatic rings. The normalized spacial score (nSPS) is 24.9. The van der Waals surface area contributed by atoms with Crippen molar-refractivity contribution in [2.75, 3.05) is 19.3 Å². The van der Waals surface area contributed by atoms with Crippen LogP contribution in [0.2, 0.25) is 0 Å². The van der Waals surface area contributed by atoms with E-state index < -0.39 is 9.84 Å². The summed E-state index contributed by atoms with van der Waals surface area (Å²) < 4.78 is 22.1. The number of carbonyl (C=O) groups excluding carboxylic acids is 1. The molecule has 6 heteroatoms. The first-order valence-electron chi connectivity index (χ1n) is 6.21. The van der Waals surface area contributed by atoms with E-state index in [-0.39, 0.29) is 17.9 Å². The van der Waals surface area contributed by atoms with E-state index in [4.69, 9.17) is 5.73 Å². The summed E-state index contributed by atoms with van der Waals surface area (Å²) in [6.45, 7) is 3.62. The van der Waals surface area contributed by atoms with Crippen LogP contribution < -0.4 is 5.73 Å². The number of amides is 1. The predicted molar refractivity (Wildman–Crippen MR) is 71.6 cm³/mol. The van der Waals surface area contributed by atoms with Crippen LogP contribution in [-0.2, 0) is 14.6 Å². The molecule has 2 atom stereocenters. The molecule has 0 spiro atoms. The maximum absolute atomic E-state index is 11.2. The van der Waals surface area contributed by atoms with Crippen LogP contribution >= 0.6 is 0 Å². The van der Waals surface area contributed by atoms with Crippen molar-refractivity contribution in [3.8, 4) is 0 Å². The topological polar surface area (TPSA) is 80.5 Å². The van der Waals surface area contributed by atoms with Crippen molar-refractivity contribution in [3.05, 3.63) is 11.5 Å². The molecule has 0 saturated carbocycles. The highest BCUT2D eigenvalue weighted by Gasteiger charge is 2.22. The SMILES string of the molecule is C[C@H](/C=C\S(C)(=O)=O)N1CCCC(C(N)=O)CC1. The highest BCUT2D eigenvalue weighted by Crippen LogP contribution is 2.19. The molecular formula is C12H22N2O3S. The van der Waals surface area contributed by atoms with Crippen molar-refractivity contribution in [2.24, 2.45) is 11.7 Å². The third kappa shape index (κ3) is 5.18. The second kappa shape index (κ2) is 6.33. The van der Waals surface area contributed by atoms with Crippen LogP contribution in [0.1, 0.15) is 26.2 Å². The molecule has 0 aliphatic carbocycles. The number of hydrogen-bond acceptors (Lipinski definition) is 4. The third-order valence-electron chi connectivity index (χ3n) is 3.35. The average Bonchev–Trinajstić information content (AvgIpc) is 2.50. The second-order valence-electron chi connectivity index (χ2n) is 4.96. The van der Waals surface area contributed by atoms with E-state index in [0.717, 1.165) is 32.4 Å². The zero-order chi connectivity index (χ0) is 13.8. The Kier molecular flexibility index (Phi) is 5.34. The molecule has 1 saturated heterocycles. The molecule has 1 fully saturated rings. The van der Waals surface area contributed by atoms with Gasteiger partial charge in [-0.15, -0.1) is 0 Å². The van der Waals surface area contributed by atoms with Gasteiger partial charge in [0.05, 0.1) is 0 Å². The van der Waals surface area contributed by atoms with Crippen molar-refractivity contribution in [3.63, 3.8) is 0 Å². The van der Waals surface area contributed by atoms with E-state index in [2.05, 4.69) is 4.90 Å². The van der Waals surface area contributed by atoms with Gasteiger partial charge >= 0.3 is 0 Å². The van der Waals surface area contributed by atoms with Crippen LogP contribution in [0.25, 0.3) is 0 Å². The summed E-state index contributed by atoms with van der Waals surface area (Å²) in [5, 5.41) is 1.24. The largest absolute Gasteiger partial charge is 0.369 e. The minimum atomic E-state index is -3.07. The summed E-state index contributed by atoms with van der Waals surface area (Å²) in [4.78, 5) is 13.3. The van der Waals surface area contributed by atoms with Gasteiger partial charge in [-0.25, -0.2) is 8.42 Å². The van der Waals surface area contributed by atoms with Crippen LogP contribution in [-0.4, -0.2) is 44.6 Å². The van der Waals surface area contributed by atoms with E-state index in [9.17, 15) is 13.2 Å². The third-order valence-corrected chi connectivity index (χ3v) is 4.00. The van der Waals surface area contributed by atoms with Crippen LogP contribution in [0.15, 0.2) is 11.5 Å². The zero-order valence-corrected chi connectivity index (χ0v) is 11.8.